The number of amides is 1. The van der Waals surface area contributed by atoms with Gasteiger partial charge in [-0.15, -0.1) is 0 Å². The molecule has 2 aromatic heterocycles. The number of hydrogen-bond donors (Lipinski definition) is 1. The number of carbonyl (C=O) groups excluding carboxylic acids is 1. The van der Waals surface area contributed by atoms with Crippen LogP contribution in [0.15, 0.2) is 47.1 Å². The number of carbonyl (C=O) groups is 1. The summed E-state index contributed by atoms with van der Waals surface area (Å²) in [6.07, 6.45) is 3.29. The second kappa shape index (κ2) is 5.68. The smallest absolute Gasteiger partial charge is 0.272 e. The van der Waals surface area contributed by atoms with E-state index < -0.39 is 0 Å². The van der Waals surface area contributed by atoms with Gasteiger partial charge in [-0.2, -0.15) is 10.1 Å². The first-order chi connectivity index (χ1) is 11.3. The number of nitrogens with one attached hydrogen (secondary N) is 1. The summed E-state index contributed by atoms with van der Waals surface area (Å²) < 4.78 is 5.42. The number of likely N-dealkylation sites (tertiary alicyclic amines) is 1. The Morgan fingerprint density at radius 3 is 2.91 bits per heavy atom. The highest BCUT2D eigenvalue weighted by Gasteiger charge is 2.35. The second-order valence-electron chi connectivity index (χ2n) is 5.45. The van der Waals surface area contributed by atoms with Gasteiger partial charge >= 0.3 is 0 Å². The molecule has 3 heterocycles. The van der Waals surface area contributed by atoms with Crippen LogP contribution >= 0.6 is 0 Å². The van der Waals surface area contributed by atoms with Gasteiger partial charge in [0.25, 0.3) is 5.91 Å². The molecule has 7 nitrogen and oxygen atoms in total. The lowest BCUT2D eigenvalue weighted by Crippen LogP contribution is -2.31. The first kappa shape index (κ1) is 13.7. The standard InChI is InChI=1S/C16H15N5O2/c22-16(12-8-9-17-19-12)21-10-4-7-13(21)15-18-14(20-23-15)11-5-2-1-3-6-11/h1-3,5-6,8-9,13H,4,7,10H2,(H,17,19)/t13-/m1/s1. The highest BCUT2D eigenvalue weighted by atomic mass is 16.5. The molecule has 1 saturated heterocycles. The van der Waals surface area contributed by atoms with E-state index in [-0.39, 0.29) is 11.9 Å². The van der Waals surface area contributed by atoms with Gasteiger partial charge in [-0.25, -0.2) is 0 Å². The lowest BCUT2D eigenvalue weighted by Gasteiger charge is -2.20. The highest BCUT2D eigenvalue weighted by molar-refractivity contribution is 5.92. The summed E-state index contributed by atoms with van der Waals surface area (Å²) >= 11 is 0. The minimum atomic E-state index is -0.184. The largest absolute Gasteiger partial charge is 0.337 e. The summed E-state index contributed by atoms with van der Waals surface area (Å²) in [4.78, 5) is 18.8. The first-order valence-electron chi connectivity index (χ1n) is 7.52. The van der Waals surface area contributed by atoms with Gasteiger partial charge in [0.1, 0.15) is 11.7 Å². The van der Waals surface area contributed by atoms with Crippen molar-refractivity contribution in [3.05, 3.63) is 54.2 Å². The average Bonchev–Trinajstić information content (AvgIpc) is 3.35. The SMILES string of the molecule is O=C(c1ccn[nH]1)N1CCC[C@@H]1c1nc(-c2ccccc2)no1. The zero-order valence-electron chi connectivity index (χ0n) is 12.3. The minimum absolute atomic E-state index is 0.0931. The molecular weight excluding hydrogens is 294 g/mol. The van der Waals surface area contributed by atoms with Crippen molar-refractivity contribution < 1.29 is 9.32 Å². The molecule has 0 radical (unpaired) electrons. The number of aromatic nitrogens is 4. The number of rotatable bonds is 3. The van der Waals surface area contributed by atoms with Crippen molar-refractivity contribution in [2.24, 2.45) is 0 Å². The van der Waals surface area contributed by atoms with Gasteiger partial charge in [0.2, 0.25) is 11.7 Å². The molecule has 1 aliphatic rings. The molecule has 23 heavy (non-hydrogen) atoms. The predicted octanol–water partition coefficient (Wildman–Crippen LogP) is 2.44. The summed E-state index contributed by atoms with van der Waals surface area (Å²) in [6, 6.07) is 11.1. The molecule has 7 heteroatoms. The highest BCUT2D eigenvalue weighted by Crippen LogP contribution is 2.32. The Labute approximate surface area is 132 Å². The fourth-order valence-electron chi connectivity index (χ4n) is 2.87. The van der Waals surface area contributed by atoms with Crippen LogP contribution in [0.25, 0.3) is 11.4 Å². The van der Waals surface area contributed by atoms with Crippen LogP contribution in [0.2, 0.25) is 0 Å². The number of hydrogen-bond acceptors (Lipinski definition) is 5. The monoisotopic (exact) mass is 309 g/mol. The van der Waals surface area contributed by atoms with Crippen molar-refractivity contribution in [3.63, 3.8) is 0 Å². The van der Waals surface area contributed by atoms with E-state index in [9.17, 15) is 4.79 Å². The predicted molar refractivity (Wildman–Crippen MR) is 81.3 cm³/mol. The van der Waals surface area contributed by atoms with Gasteiger partial charge in [-0.1, -0.05) is 35.5 Å². The van der Waals surface area contributed by atoms with Crippen LogP contribution in [0, 0.1) is 0 Å². The maximum atomic E-state index is 12.5. The molecule has 1 N–H and O–H groups in total. The number of H-pyrrole nitrogens is 1. The molecule has 1 fully saturated rings. The van der Waals surface area contributed by atoms with E-state index in [1.165, 1.54) is 0 Å². The molecule has 4 rings (SSSR count). The third-order valence-corrected chi connectivity index (χ3v) is 4.00. The molecule has 0 bridgehead atoms. The number of nitrogens with zero attached hydrogens (tertiary/aromatic N) is 4. The first-order valence-corrected chi connectivity index (χ1v) is 7.52. The van der Waals surface area contributed by atoms with Crippen molar-refractivity contribution in [1.82, 2.24) is 25.2 Å². The Bertz CT molecular complexity index is 797. The fourth-order valence-corrected chi connectivity index (χ4v) is 2.87. The molecule has 1 amide bonds. The Kier molecular flexibility index (Phi) is 3.38. The van der Waals surface area contributed by atoms with Crippen LogP contribution in [0.3, 0.4) is 0 Å². The maximum Gasteiger partial charge on any atom is 0.272 e. The molecule has 0 aliphatic carbocycles. The van der Waals surface area contributed by atoms with Gasteiger partial charge in [-0.3, -0.25) is 9.89 Å². The zero-order chi connectivity index (χ0) is 15.6. The summed E-state index contributed by atoms with van der Waals surface area (Å²) in [7, 11) is 0. The minimum Gasteiger partial charge on any atom is -0.337 e. The van der Waals surface area contributed by atoms with Gasteiger partial charge in [-0.05, 0) is 18.9 Å². The Balaban J connectivity index is 1.60. The van der Waals surface area contributed by atoms with E-state index >= 15 is 0 Å². The van der Waals surface area contributed by atoms with Crippen molar-refractivity contribution >= 4 is 5.91 Å². The Morgan fingerprint density at radius 2 is 2.13 bits per heavy atom. The normalized spacial score (nSPS) is 17.6. The van der Waals surface area contributed by atoms with Gasteiger partial charge in [0, 0.05) is 18.3 Å². The topological polar surface area (TPSA) is 87.9 Å². The van der Waals surface area contributed by atoms with Gasteiger partial charge < -0.3 is 9.42 Å². The van der Waals surface area contributed by atoms with E-state index in [0.29, 0.717) is 24.0 Å². The quantitative estimate of drug-likeness (QED) is 0.803. The third kappa shape index (κ3) is 2.50. The second-order valence-corrected chi connectivity index (χ2v) is 5.45. The maximum absolute atomic E-state index is 12.5. The van der Waals surface area contributed by atoms with Crippen molar-refractivity contribution in [2.75, 3.05) is 6.54 Å². The van der Waals surface area contributed by atoms with Crippen LogP contribution < -0.4 is 0 Å². The third-order valence-electron chi connectivity index (χ3n) is 4.00. The number of aromatic amines is 1. The molecule has 1 aliphatic heterocycles. The van der Waals surface area contributed by atoms with Crippen LogP contribution in [0.4, 0.5) is 0 Å². The van der Waals surface area contributed by atoms with Crippen molar-refractivity contribution in [2.45, 2.75) is 18.9 Å². The summed E-state index contributed by atoms with van der Waals surface area (Å²) in [5.41, 5.74) is 1.37. The fraction of sp³-hybridized carbons (Fsp3) is 0.250. The Hall–Kier alpha value is -2.96. The lowest BCUT2D eigenvalue weighted by atomic mass is 10.2. The van der Waals surface area contributed by atoms with Crippen LogP contribution in [0.5, 0.6) is 0 Å². The summed E-state index contributed by atoms with van der Waals surface area (Å²) in [6.45, 7) is 0.672. The van der Waals surface area contributed by atoms with E-state index in [1.54, 1.807) is 17.2 Å². The molecule has 116 valence electrons. The van der Waals surface area contributed by atoms with E-state index in [1.807, 2.05) is 30.3 Å². The van der Waals surface area contributed by atoms with E-state index in [2.05, 4.69) is 20.3 Å². The zero-order valence-corrected chi connectivity index (χ0v) is 12.3. The molecule has 0 saturated carbocycles. The van der Waals surface area contributed by atoms with Crippen LogP contribution in [-0.2, 0) is 0 Å². The molecule has 0 spiro atoms. The number of benzene rings is 1. The van der Waals surface area contributed by atoms with Crippen molar-refractivity contribution in [1.29, 1.82) is 0 Å². The van der Waals surface area contributed by atoms with E-state index in [0.717, 1.165) is 18.4 Å². The van der Waals surface area contributed by atoms with Gasteiger partial charge in [0.15, 0.2) is 0 Å². The molecular formula is C16H15N5O2. The van der Waals surface area contributed by atoms with E-state index in [4.69, 9.17) is 4.52 Å². The molecule has 0 unspecified atom stereocenters. The Morgan fingerprint density at radius 1 is 1.26 bits per heavy atom. The molecule has 1 atom stereocenters. The summed E-state index contributed by atoms with van der Waals surface area (Å²) in [5, 5.41) is 10.6. The average molecular weight is 309 g/mol. The molecule has 1 aromatic carbocycles. The van der Waals surface area contributed by atoms with Gasteiger partial charge in [0.05, 0.1) is 0 Å². The lowest BCUT2D eigenvalue weighted by molar-refractivity contribution is 0.0704. The van der Waals surface area contributed by atoms with Crippen molar-refractivity contribution in [3.8, 4) is 11.4 Å². The van der Waals surface area contributed by atoms with Crippen LogP contribution in [-0.4, -0.2) is 37.7 Å². The molecule has 3 aromatic rings. The van der Waals surface area contributed by atoms with Crippen LogP contribution in [0.1, 0.15) is 35.3 Å². The summed E-state index contributed by atoms with van der Waals surface area (Å²) in [5.74, 6) is 0.931.